The molecule has 1 rings (SSSR count). The smallest absolute Gasteiger partial charge is 0.339 e. The molecule has 0 aromatic carbocycles. The Morgan fingerprint density at radius 2 is 2.43 bits per heavy atom. The van der Waals surface area contributed by atoms with E-state index in [4.69, 9.17) is 0 Å². The van der Waals surface area contributed by atoms with Crippen LogP contribution in [0.15, 0.2) is 4.79 Å². The summed E-state index contributed by atoms with van der Waals surface area (Å²) in [7, 11) is 0. The highest BCUT2D eigenvalue weighted by Crippen LogP contribution is 1.74. The highest BCUT2D eigenvalue weighted by molar-refractivity contribution is 4.77. The quantitative estimate of drug-likeness (QED) is 0.402. The number of aromatic amines is 2. The van der Waals surface area contributed by atoms with Crippen LogP contribution in [0.3, 0.4) is 0 Å². The summed E-state index contributed by atoms with van der Waals surface area (Å²) in [5.41, 5.74) is -0.565. The fraction of sp³-hybridized carbons (Fsp3) is 0. The van der Waals surface area contributed by atoms with E-state index >= 15 is 0 Å². The Balaban J connectivity index is 3.30. The van der Waals surface area contributed by atoms with Crippen LogP contribution in [0.5, 0.6) is 6.01 Å². The SMILES string of the molecule is O=c1[nH]nc([O-])[nH]1. The van der Waals surface area contributed by atoms with Crippen LogP contribution in [0.25, 0.3) is 0 Å². The first-order valence-electron chi connectivity index (χ1n) is 1.61. The Bertz CT molecular complexity index is 199. The van der Waals surface area contributed by atoms with Crippen LogP contribution < -0.4 is 10.8 Å². The molecule has 1 heterocycles. The second-order valence-corrected chi connectivity index (χ2v) is 0.983. The fourth-order valence-corrected chi connectivity index (χ4v) is 0.255. The Kier molecular flexibility index (Phi) is 0.619. The summed E-state index contributed by atoms with van der Waals surface area (Å²) in [6, 6.07) is -0.634. The van der Waals surface area contributed by atoms with Gasteiger partial charge in [0.2, 0.25) is 0 Å². The predicted molar refractivity (Wildman–Crippen MR) is 18.7 cm³/mol. The molecule has 0 bridgehead atoms. The summed E-state index contributed by atoms with van der Waals surface area (Å²) < 4.78 is 0. The van der Waals surface area contributed by atoms with Gasteiger partial charge in [-0.05, 0) is 0 Å². The van der Waals surface area contributed by atoms with Crippen LogP contribution in [-0.2, 0) is 0 Å². The Hall–Kier alpha value is -1.26. The lowest BCUT2D eigenvalue weighted by molar-refractivity contribution is -0.281. The van der Waals surface area contributed by atoms with E-state index < -0.39 is 11.7 Å². The van der Waals surface area contributed by atoms with Gasteiger partial charge in [0.05, 0.1) is 6.01 Å². The van der Waals surface area contributed by atoms with Gasteiger partial charge in [0.15, 0.2) is 0 Å². The van der Waals surface area contributed by atoms with E-state index in [0.717, 1.165) is 0 Å². The van der Waals surface area contributed by atoms with Crippen LogP contribution >= 0.6 is 0 Å². The zero-order chi connectivity index (χ0) is 5.28. The van der Waals surface area contributed by atoms with E-state index in [1.54, 1.807) is 0 Å². The van der Waals surface area contributed by atoms with Crippen molar-refractivity contribution in [3.05, 3.63) is 10.5 Å². The van der Waals surface area contributed by atoms with Crippen molar-refractivity contribution in [1.29, 1.82) is 0 Å². The topological polar surface area (TPSA) is 84.6 Å². The van der Waals surface area contributed by atoms with Gasteiger partial charge >= 0.3 is 5.69 Å². The minimum atomic E-state index is -0.634. The summed E-state index contributed by atoms with van der Waals surface area (Å²) in [6.07, 6.45) is 0. The molecule has 5 heteroatoms. The van der Waals surface area contributed by atoms with Crippen molar-refractivity contribution < 1.29 is 5.11 Å². The number of aromatic nitrogens is 3. The molecule has 0 radical (unpaired) electrons. The molecule has 5 nitrogen and oxygen atoms in total. The van der Waals surface area contributed by atoms with Crippen LogP contribution in [0.2, 0.25) is 0 Å². The predicted octanol–water partition coefficient (Wildman–Crippen LogP) is -1.83. The van der Waals surface area contributed by atoms with Gasteiger partial charge in [-0.2, -0.15) is 5.10 Å². The van der Waals surface area contributed by atoms with Crippen LogP contribution in [0.1, 0.15) is 0 Å². The van der Waals surface area contributed by atoms with E-state index in [2.05, 4.69) is 5.10 Å². The third-order valence-corrected chi connectivity index (χ3v) is 0.479. The van der Waals surface area contributed by atoms with Crippen molar-refractivity contribution in [3.63, 3.8) is 0 Å². The number of rotatable bonds is 0. The molecule has 0 aliphatic rings. The first kappa shape index (κ1) is 3.91. The average Bonchev–Trinajstić information content (AvgIpc) is 1.87. The number of hydrogen-bond donors (Lipinski definition) is 2. The summed E-state index contributed by atoms with van der Waals surface area (Å²) in [5, 5.41) is 14.8. The Labute approximate surface area is 38.0 Å². The lowest BCUT2D eigenvalue weighted by Gasteiger charge is -1.87. The van der Waals surface area contributed by atoms with E-state index in [0.29, 0.717) is 0 Å². The maximum Gasteiger partial charge on any atom is 0.339 e. The summed E-state index contributed by atoms with van der Waals surface area (Å²) in [4.78, 5) is 11.8. The maximum atomic E-state index is 9.92. The second-order valence-electron chi connectivity index (χ2n) is 0.983. The molecule has 0 aliphatic heterocycles. The van der Waals surface area contributed by atoms with Crippen molar-refractivity contribution in [3.8, 4) is 6.01 Å². The van der Waals surface area contributed by atoms with Gasteiger partial charge in [-0.25, -0.2) is 9.89 Å². The summed E-state index contributed by atoms with van der Waals surface area (Å²) in [6.45, 7) is 0. The Morgan fingerprint density at radius 1 is 1.71 bits per heavy atom. The molecule has 0 saturated carbocycles. The molecule has 1 aromatic heterocycles. The van der Waals surface area contributed by atoms with Gasteiger partial charge in [0.25, 0.3) is 0 Å². The lowest BCUT2D eigenvalue weighted by atomic mass is 11.2. The van der Waals surface area contributed by atoms with E-state index in [-0.39, 0.29) is 0 Å². The van der Waals surface area contributed by atoms with Crippen LogP contribution in [0, 0.1) is 0 Å². The van der Waals surface area contributed by atoms with Gasteiger partial charge in [-0.15, -0.1) is 0 Å². The molecular formula is C2H2N3O2-. The van der Waals surface area contributed by atoms with Crippen molar-refractivity contribution in [1.82, 2.24) is 15.2 Å². The van der Waals surface area contributed by atoms with Gasteiger partial charge in [0, 0.05) is 0 Å². The minimum Gasteiger partial charge on any atom is -0.845 e. The molecule has 0 saturated heterocycles. The highest BCUT2D eigenvalue weighted by Gasteiger charge is 1.76. The molecule has 1 aromatic rings. The molecule has 7 heavy (non-hydrogen) atoms. The average molecular weight is 100 g/mol. The second kappa shape index (κ2) is 1.11. The lowest BCUT2D eigenvalue weighted by Crippen LogP contribution is -2.01. The van der Waals surface area contributed by atoms with E-state index in [1.165, 1.54) is 0 Å². The third-order valence-electron chi connectivity index (χ3n) is 0.479. The van der Waals surface area contributed by atoms with Gasteiger partial charge in [0.1, 0.15) is 0 Å². The van der Waals surface area contributed by atoms with Crippen molar-refractivity contribution in [2.24, 2.45) is 0 Å². The van der Waals surface area contributed by atoms with Gasteiger partial charge in [-0.3, -0.25) is 0 Å². The molecule has 0 aliphatic carbocycles. The molecule has 0 amide bonds. The highest BCUT2D eigenvalue weighted by atomic mass is 16.3. The number of H-pyrrole nitrogens is 2. The first-order valence-corrected chi connectivity index (χ1v) is 1.61. The maximum absolute atomic E-state index is 9.92. The zero-order valence-electron chi connectivity index (χ0n) is 3.26. The summed E-state index contributed by atoms with van der Waals surface area (Å²) in [5.74, 6) is 0. The number of nitrogens with zero attached hydrogens (tertiary/aromatic N) is 1. The van der Waals surface area contributed by atoms with Crippen molar-refractivity contribution in [2.75, 3.05) is 0 Å². The molecule has 0 fully saturated rings. The van der Waals surface area contributed by atoms with E-state index in [1.807, 2.05) is 10.1 Å². The van der Waals surface area contributed by atoms with Crippen LogP contribution in [0.4, 0.5) is 0 Å². The number of hydrogen-bond acceptors (Lipinski definition) is 3. The molecule has 0 unspecified atom stereocenters. The van der Waals surface area contributed by atoms with Gasteiger partial charge in [-0.1, -0.05) is 0 Å². The minimum absolute atomic E-state index is 0.565. The third kappa shape index (κ3) is 0.594. The molecule has 38 valence electrons. The monoisotopic (exact) mass is 100 g/mol. The number of nitrogens with one attached hydrogen (secondary N) is 2. The van der Waals surface area contributed by atoms with Crippen molar-refractivity contribution in [2.45, 2.75) is 0 Å². The summed E-state index contributed by atoms with van der Waals surface area (Å²) >= 11 is 0. The largest absolute Gasteiger partial charge is 0.845 e. The molecule has 2 N–H and O–H groups in total. The zero-order valence-corrected chi connectivity index (χ0v) is 3.26. The van der Waals surface area contributed by atoms with Gasteiger partial charge < -0.3 is 10.1 Å². The van der Waals surface area contributed by atoms with Crippen molar-refractivity contribution >= 4 is 0 Å². The standard InChI is InChI=1S/C2H3N3O2/c6-1-3-2(7)5-4-1/h(H3,3,4,5,6,7)/p-1. The molecular weight excluding hydrogens is 98.0 g/mol. The van der Waals surface area contributed by atoms with E-state index in [9.17, 15) is 9.90 Å². The Morgan fingerprint density at radius 3 is 2.57 bits per heavy atom. The first-order chi connectivity index (χ1) is 3.29. The molecule has 0 spiro atoms. The fourth-order valence-electron chi connectivity index (χ4n) is 0.255. The molecule has 0 atom stereocenters. The van der Waals surface area contributed by atoms with Crippen LogP contribution in [-0.4, -0.2) is 15.2 Å². The normalized spacial score (nSPS) is 9.14.